The Labute approximate surface area is 121 Å². The molecule has 0 bridgehead atoms. The quantitative estimate of drug-likeness (QED) is 0.845. The summed E-state index contributed by atoms with van der Waals surface area (Å²) in [6, 6.07) is 2.96. The molecule has 0 amide bonds. The first kappa shape index (κ1) is 14.8. The van der Waals surface area contributed by atoms with Crippen LogP contribution in [-0.2, 0) is 12.7 Å². The minimum absolute atomic E-state index is 0.160. The van der Waals surface area contributed by atoms with Crippen molar-refractivity contribution in [3.05, 3.63) is 35.1 Å². The van der Waals surface area contributed by atoms with Gasteiger partial charge in [-0.2, -0.15) is 13.2 Å². The molecule has 116 valence electrons. The summed E-state index contributed by atoms with van der Waals surface area (Å²) in [5.41, 5.74) is -0.692. The number of piperidine rings is 1. The molecule has 2 unspecified atom stereocenters. The minimum Gasteiger partial charge on any atom is -0.316 e. The number of likely N-dealkylation sites (tertiary alicyclic amines) is 1. The van der Waals surface area contributed by atoms with Crippen LogP contribution in [0, 0.1) is 17.7 Å². The Balaban J connectivity index is 1.76. The second-order valence-corrected chi connectivity index (χ2v) is 6.00. The van der Waals surface area contributed by atoms with Crippen molar-refractivity contribution in [3.8, 4) is 0 Å². The maximum Gasteiger partial charge on any atom is 0.416 e. The molecule has 2 heterocycles. The lowest BCUT2D eigenvalue weighted by molar-refractivity contribution is -0.138. The summed E-state index contributed by atoms with van der Waals surface area (Å²) in [6.45, 7) is 3.81. The number of nitrogens with zero attached hydrogens (tertiary/aromatic N) is 1. The Kier molecular flexibility index (Phi) is 3.92. The Morgan fingerprint density at radius 3 is 2.71 bits per heavy atom. The highest BCUT2D eigenvalue weighted by Gasteiger charge is 2.36. The summed E-state index contributed by atoms with van der Waals surface area (Å²) in [4.78, 5) is 2.05. The molecule has 0 saturated carbocycles. The van der Waals surface area contributed by atoms with Crippen molar-refractivity contribution in [1.29, 1.82) is 0 Å². The molecule has 2 saturated heterocycles. The molecule has 3 rings (SSSR count). The largest absolute Gasteiger partial charge is 0.416 e. The lowest BCUT2D eigenvalue weighted by atomic mass is 9.88. The van der Waals surface area contributed by atoms with E-state index in [0.29, 0.717) is 17.9 Å². The first-order valence-corrected chi connectivity index (χ1v) is 7.22. The molecule has 0 aromatic heterocycles. The smallest absolute Gasteiger partial charge is 0.316 e. The van der Waals surface area contributed by atoms with Crippen molar-refractivity contribution in [2.75, 3.05) is 26.2 Å². The second kappa shape index (κ2) is 5.57. The monoisotopic (exact) mass is 302 g/mol. The van der Waals surface area contributed by atoms with Crippen LogP contribution in [0.4, 0.5) is 17.6 Å². The summed E-state index contributed by atoms with van der Waals surface area (Å²) in [7, 11) is 0. The number of halogens is 4. The topological polar surface area (TPSA) is 15.3 Å². The Morgan fingerprint density at radius 1 is 1.19 bits per heavy atom. The van der Waals surface area contributed by atoms with E-state index in [1.165, 1.54) is 6.07 Å². The van der Waals surface area contributed by atoms with Crippen molar-refractivity contribution >= 4 is 0 Å². The Morgan fingerprint density at radius 2 is 1.95 bits per heavy atom. The van der Waals surface area contributed by atoms with Crippen molar-refractivity contribution in [2.45, 2.75) is 19.1 Å². The molecule has 1 aromatic carbocycles. The van der Waals surface area contributed by atoms with Gasteiger partial charge < -0.3 is 5.32 Å². The third kappa shape index (κ3) is 3.21. The maximum absolute atomic E-state index is 13.1. The summed E-state index contributed by atoms with van der Waals surface area (Å²) < 4.78 is 52.1. The number of fused-ring (bicyclic) bond motifs is 1. The normalized spacial score (nSPS) is 26.9. The summed E-state index contributed by atoms with van der Waals surface area (Å²) >= 11 is 0. The van der Waals surface area contributed by atoms with Crippen LogP contribution in [0.15, 0.2) is 18.2 Å². The van der Waals surface area contributed by atoms with Gasteiger partial charge in [0.25, 0.3) is 0 Å². The number of hydrogen-bond donors (Lipinski definition) is 1. The van der Waals surface area contributed by atoms with Gasteiger partial charge >= 0.3 is 6.18 Å². The van der Waals surface area contributed by atoms with Crippen LogP contribution in [0.2, 0.25) is 0 Å². The lowest BCUT2D eigenvalue weighted by Gasteiger charge is -2.34. The average Bonchev–Trinajstić information content (AvgIpc) is 2.87. The molecule has 6 heteroatoms. The van der Waals surface area contributed by atoms with Gasteiger partial charge in [0.2, 0.25) is 0 Å². The van der Waals surface area contributed by atoms with Gasteiger partial charge in [0.1, 0.15) is 5.82 Å². The highest BCUT2D eigenvalue weighted by molar-refractivity contribution is 5.30. The molecule has 21 heavy (non-hydrogen) atoms. The molecular formula is C15H18F4N2. The van der Waals surface area contributed by atoms with E-state index in [2.05, 4.69) is 10.2 Å². The zero-order valence-corrected chi connectivity index (χ0v) is 11.6. The van der Waals surface area contributed by atoms with Crippen molar-refractivity contribution in [1.82, 2.24) is 10.2 Å². The molecule has 2 aliphatic heterocycles. The van der Waals surface area contributed by atoms with E-state index in [4.69, 9.17) is 0 Å². The summed E-state index contributed by atoms with van der Waals surface area (Å²) in [5, 5.41) is 3.34. The maximum atomic E-state index is 13.1. The highest BCUT2D eigenvalue weighted by Crippen LogP contribution is 2.34. The van der Waals surface area contributed by atoms with Crippen molar-refractivity contribution in [3.63, 3.8) is 0 Å². The molecule has 0 aliphatic carbocycles. The fourth-order valence-electron chi connectivity index (χ4n) is 3.45. The fraction of sp³-hybridized carbons (Fsp3) is 0.600. The molecule has 0 spiro atoms. The van der Waals surface area contributed by atoms with E-state index < -0.39 is 17.6 Å². The Hall–Kier alpha value is -1.14. The average molecular weight is 302 g/mol. The van der Waals surface area contributed by atoms with Crippen LogP contribution in [0.3, 0.4) is 0 Å². The van der Waals surface area contributed by atoms with Gasteiger partial charge in [-0.05, 0) is 55.6 Å². The van der Waals surface area contributed by atoms with Crippen molar-refractivity contribution in [2.24, 2.45) is 11.8 Å². The van der Waals surface area contributed by atoms with Crippen LogP contribution in [-0.4, -0.2) is 31.1 Å². The van der Waals surface area contributed by atoms with Gasteiger partial charge in [0.15, 0.2) is 0 Å². The van der Waals surface area contributed by atoms with Gasteiger partial charge in [-0.1, -0.05) is 6.07 Å². The standard InChI is InChI=1S/C15H18F4N2/c16-13-2-1-11(14(5-13)15(17,18)19)8-21-4-3-10-6-20-7-12(10)9-21/h1-2,5,10,12,20H,3-4,6-9H2. The van der Waals surface area contributed by atoms with E-state index in [-0.39, 0.29) is 12.1 Å². The second-order valence-electron chi connectivity index (χ2n) is 6.00. The molecule has 2 nitrogen and oxygen atoms in total. The van der Waals surface area contributed by atoms with E-state index in [9.17, 15) is 17.6 Å². The molecule has 2 aliphatic rings. The van der Waals surface area contributed by atoms with Crippen LogP contribution in [0.5, 0.6) is 0 Å². The molecule has 0 radical (unpaired) electrons. The zero-order chi connectivity index (χ0) is 15.0. The predicted molar refractivity (Wildman–Crippen MR) is 71.1 cm³/mol. The number of alkyl halides is 3. The van der Waals surface area contributed by atoms with Crippen LogP contribution in [0.25, 0.3) is 0 Å². The SMILES string of the molecule is Fc1ccc(CN2CCC3CNCC3C2)c(C(F)(F)F)c1. The van der Waals surface area contributed by atoms with E-state index >= 15 is 0 Å². The zero-order valence-electron chi connectivity index (χ0n) is 11.6. The van der Waals surface area contributed by atoms with E-state index in [1.807, 2.05) is 0 Å². The highest BCUT2D eigenvalue weighted by atomic mass is 19.4. The minimum atomic E-state index is -4.51. The molecule has 1 aromatic rings. The van der Waals surface area contributed by atoms with Crippen LogP contribution >= 0.6 is 0 Å². The van der Waals surface area contributed by atoms with Gasteiger partial charge in [-0.3, -0.25) is 4.90 Å². The fourth-order valence-corrected chi connectivity index (χ4v) is 3.45. The summed E-state index contributed by atoms with van der Waals surface area (Å²) in [6.07, 6.45) is -3.50. The number of nitrogens with one attached hydrogen (secondary N) is 1. The molecule has 2 atom stereocenters. The van der Waals surface area contributed by atoms with Gasteiger partial charge in [-0.25, -0.2) is 4.39 Å². The van der Waals surface area contributed by atoms with Crippen molar-refractivity contribution < 1.29 is 17.6 Å². The van der Waals surface area contributed by atoms with Gasteiger partial charge in [0.05, 0.1) is 5.56 Å². The summed E-state index contributed by atoms with van der Waals surface area (Å²) in [5.74, 6) is 0.329. The third-order valence-electron chi connectivity index (χ3n) is 4.56. The molecule has 1 N–H and O–H groups in total. The van der Waals surface area contributed by atoms with E-state index in [0.717, 1.165) is 38.7 Å². The Bertz CT molecular complexity index is 515. The lowest BCUT2D eigenvalue weighted by Crippen LogP contribution is -2.39. The van der Waals surface area contributed by atoms with Gasteiger partial charge in [0, 0.05) is 13.1 Å². The molecular weight excluding hydrogens is 284 g/mol. The van der Waals surface area contributed by atoms with E-state index in [1.54, 1.807) is 0 Å². The third-order valence-corrected chi connectivity index (χ3v) is 4.56. The number of hydrogen-bond acceptors (Lipinski definition) is 2. The molecule has 2 fully saturated rings. The van der Waals surface area contributed by atoms with Gasteiger partial charge in [-0.15, -0.1) is 0 Å². The number of benzene rings is 1. The van der Waals surface area contributed by atoms with Crippen LogP contribution < -0.4 is 5.32 Å². The van der Waals surface area contributed by atoms with Crippen LogP contribution in [0.1, 0.15) is 17.5 Å². The first-order valence-electron chi connectivity index (χ1n) is 7.22. The first-order chi connectivity index (χ1) is 9.93. The predicted octanol–water partition coefficient (Wildman–Crippen LogP) is 2.89. The number of rotatable bonds is 2.